The highest BCUT2D eigenvalue weighted by Gasteiger charge is 2.47. The topological polar surface area (TPSA) is 24.3 Å². The van der Waals surface area contributed by atoms with E-state index in [1.165, 1.54) is 0 Å². The third kappa shape index (κ3) is 10.7. The minimum absolute atomic E-state index is 0.0170. The van der Waals surface area contributed by atoms with Crippen molar-refractivity contribution in [3.63, 3.8) is 0 Å². The van der Waals surface area contributed by atoms with Gasteiger partial charge in [-0.1, -0.05) is 286 Å². The Hall–Kier alpha value is -9.97. The molecule has 96 heavy (non-hydrogen) atoms. The molecule has 0 aliphatic carbocycles. The van der Waals surface area contributed by atoms with Gasteiger partial charge in [0.2, 0.25) is 0 Å². The van der Waals surface area contributed by atoms with Crippen LogP contribution < -0.4 is 26.2 Å². The number of pyridine rings is 1. The molecule has 11 aromatic carbocycles. The molecular weight excluding hydrogens is 1160 g/mol. The minimum atomic E-state index is -0.683. The van der Waals surface area contributed by atoms with E-state index in [2.05, 4.69) is 247 Å². The molecule has 13 aromatic rings. The van der Waals surface area contributed by atoms with Crippen LogP contribution in [0, 0.1) is 0 Å². The summed E-state index contributed by atoms with van der Waals surface area (Å²) in [7, 11) is 0. The van der Waals surface area contributed by atoms with Crippen molar-refractivity contribution in [3.8, 4) is 61.3 Å². The summed E-state index contributed by atoms with van der Waals surface area (Å²) < 4.78 is 123. The lowest BCUT2D eigenvalue weighted by Crippen LogP contribution is -2.61. The fourth-order valence-electron chi connectivity index (χ4n) is 14.3. The van der Waals surface area contributed by atoms with Crippen LogP contribution in [0.2, 0.25) is 0 Å². The first-order valence-electron chi connectivity index (χ1n) is 39.9. The van der Waals surface area contributed by atoms with E-state index in [0.717, 1.165) is 112 Å². The van der Waals surface area contributed by atoms with Crippen LogP contribution in [-0.4, -0.2) is 16.3 Å². The summed E-state index contributed by atoms with van der Waals surface area (Å²) in [5.41, 5.74) is 17.9. The number of anilines is 6. The monoisotopic (exact) mass is 1260 g/mol. The maximum absolute atomic E-state index is 9.82. The number of fused-ring (bicyclic) bond motifs is 7. The lowest BCUT2D eigenvalue weighted by Gasteiger charge is -2.47. The molecule has 5 heteroatoms. The number of nitrogens with zero attached hydrogens (tertiary/aromatic N) is 4. The summed E-state index contributed by atoms with van der Waals surface area (Å²) in [6.07, 6.45) is 0. The molecular formula is C91H87BN4. The Morgan fingerprint density at radius 3 is 1.23 bits per heavy atom. The van der Waals surface area contributed by atoms with Crippen molar-refractivity contribution in [1.29, 1.82) is 0 Å². The highest BCUT2D eigenvalue weighted by atomic mass is 15.2. The molecule has 2 aliphatic heterocycles. The number of para-hydroxylation sites is 2. The number of rotatable bonds is 8. The van der Waals surface area contributed by atoms with Gasteiger partial charge < -0.3 is 14.4 Å². The van der Waals surface area contributed by atoms with E-state index >= 15 is 0 Å². The average molecular weight is 1260 g/mol. The van der Waals surface area contributed by atoms with Gasteiger partial charge in [-0.25, -0.2) is 0 Å². The van der Waals surface area contributed by atoms with Gasteiger partial charge in [0.1, 0.15) is 0 Å². The molecule has 4 heterocycles. The molecule has 0 fully saturated rings. The van der Waals surface area contributed by atoms with Crippen LogP contribution in [0.1, 0.15) is 150 Å². The summed E-state index contributed by atoms with van der Waals surface area (Å²) in [6, 6.07) is 55.4. The highest BCUT2D eigenvalue weighted by Crippen LogP contribution is 2.56. The van der Waals surface area contributed by atoms with E-state index in [1.807, 2.05) is 42.5 Å². The van der Waals surface area contributed by atoms with Crippen LogP contribution in [0.4, 0.5) is 34.1 Å². The van der Waals surface area contributed by atoms with E-state index in [0.29, 0.717) is 22.6 Å². The van der Waals surface area contributed by atoms with Gasteiger partial charge in [-0.3, -0.25) is 4.98 Å². The summed E-state index contributed by atoms with van der Waals surface area (Å²) in [4.78, 5) is 10.5. The van der Waals surface area contributed by atoms with Crippen LogP contribution in [0.3, 0.4) is 0 Å². The van der Waals surface area contributed by atoms with E-state index in [4.69, 9.17) is 11.8 Å². The third-order valence-electron chi connectivity index (χ3n) is 19.3. The predicted octanol–water partition coefficient (Wildman–Crippen LogP) is 23.1. The Bertz CT molecular complexity index is 5830. The van der Waals surface area contributed by atoms with Crippen molar-refractivity contribution in [1.82, 2.24) is 9.55 Å². The molecule has 2 aromatic heterocycles. The predicted molar refractivity (Wildman–Crippen MR) is 413 cm³/mol. The Balaban J connectivity index is 1.20. The molecule has 0 atom stereocenters. The Morgan fingerprint density at radius 2 is 0.760 bits per heavy atom. The first kappa shape index (κ1) is 48.7. The summed E-state index contributed by atoms with van der Waals surface area (Å²) in [5.74, 6) is 0. The number of benzene rings is 11. The van der Waals surface area contributed by atoms with Gasteiger partial charge in [0.05, 0.1) is 45.9 Å². The quantitative estimate of drug-likeness (QED) is 0.142. The molecule has 4 nitrogen and oxygen atoms in total. The van der Waals surface area contributed by atoms with Gasteiger partial charge in [-0.2, -0.15) is 0 Å². The fraction of sp³-hybridized carbons (Fsp3) is 0.220. The summed E-state index contributed by atoms with van der Waals surface area (Å²) in [6.45, 7) is 32.5. The average Bonchev–Trinajstić information content (AvgIpc) is 0.953. The number of aromatic nitrogens is 2. The lowest BCUT2D eigenvalue weighted by atomic mass is 9.33. The van der Waals surface area contributed by atoms with Gasteiger partial charge in [0.25, 0.3) is 6.71 Å². The zero-order valence-electron chi connectivity index (χ0n) is 70.6. The van der Waals surface area contributed by atoms with E-state index in [1.54, 1.807) is 4.57 Å². The van der Waals surface area contributed by atoms with Crippen molar-refractivity contribution in [2.24, 2.45) is 0 Å². The Labute approximate surface area is 588 Å². The van der Waals surface area contributed by atoms with Crippen molar-refractivity contribution in [3.05, 3.63) is 283 Å². The van der Waals surface area contributed by atoms with Gasteiger partial charge >= 0.3 is 0 Å². The number of hydrogen-bond donors (Lipinski definition) is 0. The van der Waals surface area contributed by atoms with E-state index in [-0.39, 0.29) is 50.3 Å². The molecule has 0 saturated heterocycles. The molecule has 2 aliphatic rings. The van der Waals surface area contributed by atoms with Crippen LogP contribution in [0.5, 0.6) is 0 Å². The maximum Gasteiger partial charge on any atom is 0.252 e. The van der Waals surface area contributed by atoms with Crippen LogP contribution >= 0.6 is 0 Å². The molecule has 0 bridgehead atoms. The largest absolute Gasteiger partial charge is 0.310 e. The van der Waals surface area contributed by atoms with Gasteiger partial charge in [-0.15, -0.1) is 0 Å². The zero-order valence-corrected chi connectivity index (χ0v) is 57.6. The molecule has 0 saturated carbocycles. The molecule has 0 radical (unpaired) electrons. The van der Waals surface area contributed by atoms with Crippen molar-refractivity contribution >= 4 is 79.0 Å². The summed E-state index contributed by atoms with van der Waals surface area (Å²) >= 11 is 0. The number of hydrogen-bond acceptors (Lipinski definition) is 3. The van der Waals surface area contributed by atoms with Crippen LogP contribution in [0.25, 0.3) is 83.1 Å². The summed E-state index contributed by atoms with van der Waals surface area (Å²) in [5, 5.41) is -0.0844. The van der Waals surface area contributed by atoms with E-state index < -0.39 is 89.4 Å². The normalized spacial score (nSPS) is 15.2. The van der Waals surface area contributed by atoms with Crippen molar-refractivity contribution in [2.45, 2.75) is 131 Å². The minimum Gasteiger partial charge on any atom is -0.310 e. The Kier molecular flexibility index (Phi) is 11.6. The molecule has 0 spiro atoms. The standard InChI is InChI=1S/C91H87BN4/c1-87(2,3)63-51-70(59-34-22-17-23-35-59)84(71(52-63)60-36-24-18-25-37-60)96-79-57-66(94-76-42-30-28-40-67(76)68-41-29-31-43-77(68)94)45-48-75(79)92-74-47-44-62(58-32-20-16-21-33-58)50-78(74)95(80-55-65(89(7,8)9)56-81(96)83(80)92)85-72(61-38-26-19-27-39-61)53-64(88(4,5)6)54-73(85)69-46-49-82(90(10,11)12)93-86(69)91(13,14)15/h16-57H,1-15H3/i16D,20D,21D,28D,29D,30D,31D,32D,33D,40D,41D,42D,43D. The molecule has 0 amide bonds. The maximum atomic E-state index is 9.82. The van der Waals surface area contributed by atoms with Crippen LogP contribution in [-0.2, 0) is 27.1 Å². The first-order valence-corrected chi connectivity index (χ1v) is 33.4. The third-order valence-corrected chi connectivity index (χ3v) is 19.3. The molecule has 0 unspecified atom stereocenters. The molecule has 0 N–H and O–H groups in total. The van der Waals surface area contributed by atoms with Crippen LogP contribution in [0.15, 0.2) is 254 Å². The smallest absolute Gasteiger partial charge is 0.252 e. The lowest BCUT2D eigenvalue weighted by molar-refractivity contribution is 0.532. The second kappa shape index (κ2) is 22.9. The van der Waals surface area contributed by atoms with Gasteiger partial charge in [-0.05, 0) is 150 Å². The SMILES string of the molecule is [2H]c1c([2H])c([2H])c(-c2ccc3c(c2)N(c2c(-c4ccccc4)cc(C(C)(C)C)cc2-c2ccc(C(C)(C)C)nc2C(C)(C)C)c2cc(C(C)(C)C)cc4c2B3c2ccc(-n3c5c([2H])c([2H])c([2H])c([2H])c5c5c([2H])c([2H])c([2H])c([2H])c53)cc2N4c2c(-c3ccccc3)cc(C(C)(C)C)cc2-c2ccccc2)c([2H])c1[2H]. The van der Waals surface area contributed by atoms with E-state index in [9.17, 15) is 11.0 Å². The zero-order chi connectivity index (χ0) is 78.3. The highest BCUT2D eigenvalue weighted by molar-refractivity contribution is 7.00. The first-order chi connectivity index (χ1) is 51.2. The Morgan fingerprint density at radius 1 is 0.333 bits per heavy atom. The molecule has 15 rings (SSSR count). The van der Waals surface area contributed by atoms with Crippen molar-refractivity contribution in [2.75, 3.05) is 9.80 Å². The molecule has 474 valence electrons. The fourth-order valence-corrected chi connectivity index (χ4v) is 14.3. The van der Waals surface area contributed by atoms with Gasteiger partial charge in [0, 0.05) is 83.6 Å². The van der Waals surface area contributed by atoms with Crippen molar-refractivity contribution < 1.29 is 17.8 Å². The second-order valence-corrected chi connectivity index (χ2v) is 31.1. The van der Waals surface area contributed by atoms with Gasteiger partial charge in [0.15, 0.2) is 0 Å². The second-order valence-electron chi connectivity index (χ2n) is 31.1.